The molecular weight excluding hydrogens is 123 g/mol. The van der Waals surface area contributed by atoms with E-state index in [0.29, 0.717) is 6.42 Å². The molecule has 0 saturated carbocycles. The van der Waals surface area contributed by atoms with Gasteiger partial charge in [0.05, 0.1) is 0 Å². The maximum absolute atomic E-state index is 9.76. The van der Waals surface area contributed by atoms with Gasteiger partial charge in [0.1, 0.15) is 0 Å². The van der Waals surface area contributed by atoms with Gasteiger partial charge in [0.25, 0.3) is 0 Å². The Kier molecular flexibility index (Phi) is 12.6. The van der Waals surface area contributed by atoms with E-state index >= 15 is 0 Å². The molecule has 1 unspecified atom stereocenters. The Morgan fingerprint density at radius 2 is 2.00 bits per heavy atom. The molecule has 0 spiro atoms. The van der Waals surface area contributed by atoms with Crippen LogP contribution < -0.4 is 56.5 Å². The van der Waals surface area contributed by atoms with E-state index in [4.69, 9.17) is 0 Å². The first-order valence-corrected chi connectivity index (χ1v) is 2.13. The van der Waals surface area contributed by atoms with Crippen LogP contribution in [-0.2, 0) is 0 Å². The summed E-state index contributed by atoms with van der Waals surface area (Å²) in [4.78, 5) is 0. The molecule has 1 atom stereocenters. The van der Waals surface area contributed by atoms with E-state index in [0.717, 1.165) is 0 Å². The number of hydrogen-bond donors (Lipinski definition) is 1. The predicted octanol–water partition coefficient (Wildman–Crippen LogP) is -2.98. The normalized spacial score (nSPS) is 12.5. The first-order valence-electron chi connectivity index (χ1n) is 1.61. The molecule has 0 radical (unpaired) electrons. The van der Waals surface area contributed by atoms with Crippen molar-refractivity contribution in [3.63, 3.8) is 0 Å². The van der Waals surface area contributed by atoms with Gasteiger partial charge in [-0.25, -0.2) is 0 Å². The van der Waals surface area contributed by atoms with Crippen LogP contribution in [0.1, 0.15) is 13.3 Å². The van der Waals surface area contributed by atoms with Crippen LogP contribution in [0.5, 0.6) is 0 Å². The molecule has 3 heteroatoms. The van der Waals surface area contributed by atoms with Crippen molar-refractivity contribution in [1.29, 1.82) is 0 Å². The van der Waals surface area contributed by atoms with E-state index in [9.17, 15) is 5.11 Å². The summed E-state index contributed by atoms with van der Waals surface area (Å²) in [5.41, 5.74) is -0.671. The molecule has 6 heavy (non-hydrogen) atoms. The van der Waals surface area contributed by atoms with Crippen LogP contribution in [0.15, 0.2) is 0 Å². The second-order valence-corrected chi connectivity index (χ2v) is 1.44. The monoisotopic (exact) mass is 130 g/mol. The Morgan fingerprint density at radius 1 is 1.83 bits per heavy atom. The van der Waals surface area contributed by atoms with Crippen molar-refractivity contribution in [2.24, 2.45) is 0 Å². The van der Waals surface area contributed by atoms with Crippen LogP contribution >= 0.6 is 12.6 Å². The van der Waals surface area contributed by atoms with Crippen LogP contribution in [-0.4, -0.2) is 5.44 Å². The molecule has 0 bridgehead atoms. The Labute approximate surface area is 86.3 Å². The summed E-state index contributed by atoms with van der Waals surface area (Å²) in [6, 6.07) is 0. The van der Waals surface area contributed by atoms with Crippen LogP contribution in [0.3, 0.4) is 0 Å². The van der Waals surface area contributed by atoms with Crippen LogP contribution in [0, 0.1) is 0 Å². The quantitative estimate of drug-likeness (QED) is 0.228. The second-order valence-electron chi connectivity index (χ2n) is 0.863. The summed E-state index contributed by atoms with van der Waals surface area (Å²) in [6.45, 7) is 1.81. The van der Waals surface area contributed by atoms with Gasteiger partial charge in [-0.2, -0.15) is 12.6 Å². The third kappa shape index (κ3) is 9.34. The molecule has 0 aliphatic carbocycles. The van der Waals surface area contributed by atoms with Crippen molar-refractivity contribution in [1.82, 2.24) is 0 Å². The van der Waals surface area contributed by atoms with Crippen molar-refractivity contribution in [2.75, 3.05) is 0 Å². The van der Waals surface area contributed by atoms with E-state index in [1.165, 1.54) is 0 Å². The molecule has 0 aliphatic heterocycles. The molecule has 0 aromatic heterocycles. The molecule has 0 fully saturated rings. The standard InChI is InChI=1S/C3H7OS.K/c1-2-3(4)5;/h3,5H,2H2,1H3;/q-1;+1. The van der Waals surface area contributed by atoms with Crippen LogP contribution in [0.2, 0.25) is 0 Å². The Hall–Kier alpha value is 1.95. The van der Waals surface area contributed by atoms with Crippen molar-refractivity contribution in [3.8, 4) is 0 Å². The van der Waals surface area contributed by atoms with Gasteiger partial charge in [-0.15, -0.1) is 0 Å². The van der Waals surface area contributed by atoms with Gasteiger partial charge >= 0.3 is 51.4 Å². The summed E-state index contributed by atoms with van der Waals surface area (Å²) in [7, 11) is 0. The third-order valence-corrected chi connectivity index (χ3v) is 0.714. The van der Waals surface area contributed by atoms with Crippen LogP contribution in [0.4, 0.5) is 0 Å². The Morgan fingerprint density at radius 3 is 2.00 bits per heavy atom. The fourth-order valence-corrected chi connectivity index (χ4v) is 0. The number of rotatable bonds is 1. The zero-order chi connectivity index (χ0) is 4.28. The average Bonchev–Trinajstić information content (AvgIpc) is 1.38. The SMILES string of the molecule is CCC([O-])S.[K+]. The number of hydrogen-bond acceptors (Lipinski definition) is 2. The third-order valence-electron chi connectivity index (χ3n) is 0.349. The smallest absolute Gasteiger partial charge is 0.844 e. The first kappa shape index (κ1) is 10.8. The van der Waals surface area contributed by atoms with Crippen molar-refractivity contribution in [2.45, 2.75) is 18.8 Å². The van der Waals surface area contributed by atoms with Gasteiger partial charge < -0.3 is 5.11 Å². The van der Waals surface area contributed by atoms with Gasteiger partial charge in [-0.05, 0) is 0 Å². The maximum Gasteiger partial charge on any atom is 1.00 e. The molecule has 0 saturated heterocycles. The molecular formula is C3H7KOS. The van der Waals surface area contributed by atoms with Crippen molar-refractivity contribution in [3.05, 3.63) is 0 Å². The van der Waals surface area contributed by atoms with E-state index in [1.54, 1.807) is 0 Å². The van der Waals surface area contributed by atoms with Crippen LogP contribution in [0.25, 0.3) is 0 Å². The van der Waals surface area contributed by atoms with Crippen molar-refractivity contribution >= 4 is 12.6 Å². The minimum Gasteiger partial charge on any atom is -0.844 e. The fraction of sp³-hybridized carbons (Fsp3) is 1.00. The summed E-state index contributed by atoms with van der Waals surface area (Å²) < 4.78 is 0. The van der Waals surface area contributed by atoms with E-state index in [-0.39, 0.29) is 51.4 Å². The predicted molar refractivity (Wildman–Crippen MR) is 23.1 cm³/mol. The largest absolute Gasteiger partial charge is 1.00 e. The molecule has 0 amide bonds. The maximum atomic E-state index is 9.76. The summed E-state index contributed by atoms with van der Waals surface area (Å²) in [6.07, 6.45) is 0.614. The molecule has 0 aromatic rings. The van der Waals surface area contributed by atoms with E-state index in [1.807, 2.05) is 6.92 Å². The first-order chi connectivity index (χ1) is 2.27. The van der Waals surface area contributed by atoms with Gasteiger partial charge in [0.2, 0.25) is 0 Å². The minimum atomic E-state index is -0.671. The Bertz CT molecular complexity index is 24.8. The molecule has 0 aromatic carbocycles. The van der Waals surface area contributed by atoms with Gasteiger partial charge in [-0.1, -0.05) is 18.8 Å². The summed E-state index contributed by atoms with van der Waals surface area (Å²) in [5.74, 6) is 0. The molecule has 0 heterocycles. The van der Waals surface area contributed by atoms with Gasteiger partial charge in [0.15, 0.2) is 0 Å². The molecule has 0 aliphatic rings. The summed E-state index contributed by atoms with van der Waals surface area (Å²) in [5, 5.41) is 9.76. The molecule has 0 rings (SSSR count). The zero-order valence-corrected chi connectivity index (χ0v) is 8.16. The summed E-state index contributed by atoms with van der Waals surface area (Å²) >= 11 is 3.54. The number of thiol groups is 1. The average molecular weight is 130 g/mol. The molecule has 32 valence electrons. The topological polar surface area (TPSA) is 23.1 Å². The minimum absolute atomic E-state index is 0. The zero-order valence-electron chi connectivity index (χ0n) is 4.14. The van der Waals surface area contributed by atoms with Crippen molar-refractivity contribution < 1.29 is 56.5 Å². The second kappa shape index (κ2) is 6.95. The van der Waals surface area contributed by atoms with Gasteiger partial charge in [0, 0.05) is 0 Å². The Balaban J connectivity index is 0. The molecule has 1 nitrogen and oxygen atoms in total. The molecule has 0 N–H and O–H groups in total. The van der Waals surface area contributed by atoms with E-state index in [2.05, 4.69) is 12.6 Å². The fourth-order valence-electron chi connectivity index (χ4n) is 0. The van der Waals surface area contributed by atoms with E-state index < -0.39 is 5.44 Å². The van der Waals surface area contributed by atoms with Gasteiger partial charge in [-0.3, -0.25) is 0 Å².